The number of furan rings is 1. The summed E-state index contributed by atoms with van der Waals surface area (Å²) in [4.78, 5) is 48.4. The maximum atomic E-state index is 12.7. The number of carboxylic acids is 1. The lowest BCUT2D eigenvalue weighted by molar-refractivity contribution is -0.123. The van der Waals surface area contributed by atoms with Crippen LogP contribution in [0.15, 0.2) is 70.8 Å². The first-order valence-electron chi connectivity index (χ1n) is 10.4. The van der Waals surface area contributed by atoms with Crippen LogP contribution < -0.4 is 10.1 Å². The summed E-state index contributed by atoms with van der Waals surface area (Å²) in [5, 5.41) is 11.5. The molecule has 0 saturated carbocycles. The first kappa shape index (κ1) is 23.3. The van der Waals surface area contributed by atoms with Crippen molar-refractivity contribution in [2.45, 2.75) is 13.2 Å². The molecule has 35 heavy (non-hydrogen) atoms. The smallest absolute Gasteiger partial charge is 0.373 e. The summed E-state index contributed by atoms with van der Waals surface area (Å²) in [7, 11) is 1.22. The van der Waals surface area contributed by atoms with E-state index in [0.29, 0.717) is 11.3 Å². The number of aromatic carboxylic acids is 1. The van der Waals surface area contributed by atoms with Crippen LogP contribution in [0.5, 0.6) is 5.75 Å². The Bertz CT molecular complexity index is 1310. The number of nitrogens with zero attached hydrogens (tertiary/aromatic N) is 1. The van der Waals surface area contributed by atoms with Crippen molar-refractivity contribution in [3.05, 3.63) is 94.6 Å². The van der Waals surface area contributed by atoms with Crippen LogP contribution in [0, 0.1) is 0 Å². The molecule has 10 nitrogen and oxygen atoms in total. The molecule has 178 valence electrons. The predicted octanol–water partition coefficient (Wildman–Crippen LogP) is 3.44. The summed E-state index contributed by atoms with van der Waals surface area (Å²) in [5.41, 5.74) is 1.78. The van der Waals surface area contributed by atoms with Gasteiger partial charge < -0.3 is 24.3 Å². The molecule has 1 fully saturated rings. The molecule has 0 radical (unpaired) electrons. The minimum Gasteiger partial charge on any atom is -0.489 e. The highest BCUT2D eigenvalue weighted by Crippen LogP contribution is 2.20. The Labute approximate surface area is 199 Å². The topological polar surface area (TPSA) is 135 Å². The molecule has 4 rings (SSSR count). The number of nitrogens with one attached hydrogen (secondary N) is 1. The zero-order chi connectivity index (χ0) is 24.9. The largest absolute Gasteiger partial charge is 0.489 e. The zero-order valence-corrected chi connectivity index (χ0v) is 18.5. The Morgan fingerprint density at radius 2 is 1.74 bits per heavy atom. The van der Waals surface area contributed by atoms with E-state index in [4.69, 9.17) is 14.3 Å². The third kappa shape index (κ3) is 5.38. The lowest BCUT2D eigenvalue weighted by Gasteiger charge is -2.09. The first-order valence-corrected chi connectivity index (χ1v) is 10.4. The van der Waals surface area contributed by atoms with Crippen LogP contribution in [-0.2, 0) is 22.7 Å². The maximum Gasteiger partial charge on any atom is 0.373 e. The monoisotopic (exact) mass is 476 g/mol. The van der Waals surface area contributed by atoms with E-state index in [1.54, 1.807) is 36.4 Å². The van der Waals surface area contributed by atoms with Gasteiger partial charge in [-0.05, 0) is 53.6 Å². The fraction of sp³-hybridized carbons (Fsp3) is 0.120. The van der Waals surface area contributed by atoms with E-state index in [9.17, 15) is 19.2 Å². The van der Waals surface area contributed by atoms with E-state index in [2.05, 4.69) is 10.1 Å². The van der Waals surface area contributed by atoms with Gasteiger partial charge in [0.1, 0.15) is 23.8 Å². The van der Waals surface area contributed by atoms with E-state index in [1.807, 2.05) is 0 Å². The molecule has 2 N–H and O–H groups in total. The number of carboxylic acid groups (broad SMARTS) is 1. The predicted molar refractivity (Wildman–Crippen MR) is 121 cm³/mol. The SMILES string of the molecule is COC(=O)c1ccc(CN2C(=O)NC(=Cc3ccc(OCc4ccc(C(=O)O)cc4)cc3)C2=O)o1. The normalized spacial score (nSPS) is 14.2. The molecule has 1 aliphatic rings. The lowest BCUT2D eigenvalue weighted by Crippen LogP contribution is -2.30. The van der Waals surface area contributed by atoms with E-state index in [1.165, 1.54) is 37.5 Å². The van der Waals surface area contributed by atoms with E-state index in [-0.39, 0.29) is 35.9 Å². The molecule has 1 aliphatic heterocycles. The highest BCUT2D eigenvalue weighted by Gasteiger charge is 2.34. The van der Waals surface area contributed by atoms with Gasteiger partial charge in [-0.2, -0.15) is 0 Å². The number of hydrogen-bond acceptors (Lipinski definition) is 7. The zero-order valence-electron chi connectivity index (χ0n) is 18.5. The second kappa shape index (κ2) is 9.96. The van der Waals surface area contributed by atoms with Crippen molar-refractivity contribution in [2.75, 3.05) is 7.11 Å². The molecule has 10 heteroatoms. The van der Waals surface area contributed by atoms with Crippen LogP contribution in [0.25, 0.3) is 6.08 Å². The molecule has 3 amide bonds. The van der Waals surface area contributed by atoms with Crippen LogP contribution in [0.2, 0.25) is 0 Å². The second-order valence-electron chi connectivity index (χ2n) is 7.50. The van der Waals surface area contributed by atoms with Gasteiger partial charge in [0, 0.05) is 0 Å². The highest BCUT2D eigenvalue weighted by molar-refractivity contribution is 6.13. The molecule has 0 spiro atoms. The van der Waals surface area contributed by atoms with Crippen molar-refractivity contribution < 1.29 is 38.2 Å². The third-order valence-corrected chi connectivity index (χ3v) is 5.12. The van der Waals surface area contributed by atoms with E-state index >= 15 is 0 Å². The standard InChI is InChI=1S/C25H20N2O8/c1-33-24(31)21-11-10-19(35-21)13-27-22(28)20(26-25(27)32)12-15-4-8-18(9-5-15)34-14-16-2-6-17(7-3-16)23(29)30/h2-12H,13-14H2,1H3,(H,26,32)(H,29,30). The van der Waals surface area contributed by atoms with Gasteiger partial charge in [0.05, 0.1) is 19.2 Å². The minimum atomic E-state index is -0.990. The van der Waals surface area contributed by atoms with Crippen LogP contribution in [0.3, 0.4) is 0 Å². The summed E-state index contributed by atoms with van der Waals surface area (Å²) < 4.78 is 15.6. The third-order valence-electron chi connectivity index (χ3n) is 5.12. The fourth-order valence-corrected chi connectivity index (χ4v) is 3.28. The van der Waals surface area contributed by atoms with Gasteiger partial charge in [-0.3, -0.25) is 9.69 Å². The fourth-order valence-electron chi connectivity index (χ4n) is 3.28. The molecule has 0 atom stereocenters. The Hall–Kier alpha value is -4.86. The minimum absolute atomic E-state index is 0.0232. The summed E-state index contributed by atoms with van der Waals surface area (Å²) >= 11 is 0. The number of amides is 3. The van der Waals surface area contributed by atoms with Gasteiger partial charge in [0.25, 0.3) is 5.91 Å². The van der Waals surface area contributed by atoms with Gasteiger partial charge in [0.15, 0.2) is 0 Å². The number of imide groups is 1. The number of benzene rings is 2. The Morgan fingerprint density at radius 3 is 2.40 bits per heavy atom. The number of methoxy groups -OCH3 is 1. The van der Waals surface area contributed by atoms with Crippen molar-refractivity contribution in [3.8, 4) is 5.75 Å². The van der Waals surface area contributed by atoms with E-state index in [0.717, 1.165) is 10.5 Å². The van der Waals surface area contributed by atoms with Crippen molar-refractivity contribution in [3.63, 3.8) is 0 Å². The number of urea groups is 1. The Kier molecular flexibility index (Phi) is 6.63. The van der Waals surface area contributed by atoms with Gasteiger partial charge in [0.2, 0.25) is 5.76 Å². The summed E-state index contributed by atoms with van der Waals surface area (Å²) in [6, 6.07) is 15.6. The Morgan fingerprint density at radius 1 is 1.03 bits per heavy atom. The molecular weight excluding hydrogens is 456 g/mol. The number of esters is 1. The van der Waals surface area contributed by atoms with Crippen molar-refractivity contribution in [1.82, 2.24) is 10.2 Å². The summed E-state index contributed by atoms with van der Waals surface area (Å²) in [6.07, 6.45) is 1.54. The quantitative estimate of drug-likeness (QED) is 0.287. The Balaban J connectivity index is 1.37. The van der Waals surface area contributed by atoms with Gasteiger partial charge in [-0.15, -0.1) is 0 Å². The van der Waals surface area contributed by atoms with Crippen molar-refractivity contribution in [2.24, 2.45) is 0 Å². The van der Waals surface area contributed by atoms with Gasteiger partial charge in [-0.25, -0.2) is 14.4 Å². The van der Waals surface area contributed by atoms with Crippen molar-refractivity contribution in [1.29, 1.82) is 0 Å². The average Bonchev–Trinajstić information content (AvgIpc) is 3.44. The molecule has 0 aliphatic carbocycles. The van der Waals surface area contributed by atoms with Gasteiger partial charge >= 0.3 is 18.0 Å². The van der Waals surface area contributed by atoms with E-state index < -0.39 is 23.9 Å². The molecular formula is C25H20N2O8. The van der Waals surface area contributed by atoms with Crippen LogP contribution in [-0.4, -0.2) is 41.0 Å². The molecule has 1 saturated heterocycles. The molecule has 3 aromatic rings. The van der Waals surface area contributed by atoms with Crippen LogP contribution in [0.1, 0.15) is 37.8 Å². The lowest BCUT2D eigenvalue weighted by atomic mass is 10.1. The molecule has 2 aromatic carbocycles. The number of ether oxygens (including phenoxy) is 2. The van der Waals surface area contributed by atoms with Crippen LogP contribution in [0.4, 0.5) is 4.79 Å². The molecule has 1 aromatic heterocycles. The summed E-state index contributed by atoms with van der Waals surface area (Å²) in [5.74, 6) is -1.36. The number of rotatable bonds is 8. The van der Waals surface area contributed by atoms with Crippen LogP contribution >= 0.6 is 0 Å². The number of carbonyl (C=O) groups is 4. The first-order chi connectivity index (χ1) is 16.8. The molecule has 0 bridgehead atoms. The van der Waals surface area contributed by atoms with Gasteiger partial charge in [-0.1, -0.05) is 24.3 Å². The average molecular weight is 476 g/mol. The summed E-state index contributed by atoms with van der Waals surface area (Å²) in [6.45, 7) is 0.119. The number of carbonyl (C=O) groups excluding carboxylic acids is 3. The number of hydrogen-bond donors (Lipinski definition) is 2. The molecule has 0 unspecified atom stereocenters. The maximum absolute atomic E-state index is 12.7. The highest BCUT2D eigenvalue weighted by atomic mass is 16.5. The second-order valence-corrected chi connectivity index (χ2v) is 7.50. The molecule has 2 heterocycles. The van der Waals surface area contributed by atoms with Crippen molar-refractivity contribution >= 4 is 30.0 Å².